The average Bonchev–Trinajstić information content (AvgIpc) is 2.37. The van der Waals surface area contributed by atoms with Crippen molar-refractivity contribution >= 4 is 15.8 Å². The van der Waals surface area contributed by atoms with Crippen molar-refractivity contribution < 1.29 is 0 Å². The van der Waals surface area contributed by atoms with E-state index in [1.807, 2.05) is 0 Å². The maximum Gasteiger partial charge on any atom is -0.0146 e. The second-order valence-corrected chi connectivity index (χ2v) is 18.4. The highest BCUT2D eigenvalue weighted by Crippen LogP contribution is 2.68. The van der Waals surface area contributed by atoms with Gasteiger partial charge in [0.05, 0.1) is 0 Å². The molecule has 2 rings (SSSR count). The van der Waals surface area contributed by atoms with Gasteiger partial charge in [0, 0.05) is 0 Å². The van der Waals surface area contributed by atoms with Crippen molar-refractivity contribution in [1.29, 1.82) is 0 Å². The lowest BCUT2D eigenvalue weighted by Crippen LogP contribution is -2.36. The number of hydrogen-bond acceptors (Lipinski definition) is 0. The van der Waals surface area contributed by atoms with E-state index in [9.17, 15) is 0 Å². The van der Waals surface area contributed by atoms with Gasteiger partial charge in [-0.3, -0.25) is 0 Å². The third-order valence-corrected chi connectivity index (χ3v) is 15.4. The summed E-state index contributed by atoms with van der Waals surface area (Å²) in [5, 5.41) is 2.47. The van der Waals surface area contributed by atoms with Gasteiger partial charge in [-0.05, 0) is 71.5 Å². The quantitative estimate of drug-likeness (QED) is 0.338. The molecule has 0 atom stereocenters. The molecule has 0 aromatic heterocycles. The first-order valence-corrected chi connectivity index (χ1v) is 13.5. The zero-order chi connectivity index (χ0) is 18.2. The van der Waals surface area contributed by atoms with Gasteiger partial charge in [0.25, 0.3) is 0 Å². The van der Waals surface area contributed by atoms with Gasteiger partial charge in [-0.2, -0.15) is 0 Å². The van der Waals surface area contributed by atoms with Crippen LogP contribution in [0.4, 0.5) is 0 Å². The zero-order valence-electron chi connectivity index (χ0n) is 18.0. The molecule has 0 N–H and O–H groups in total. The summed E-state index contributed by atoms with van der Waals surface area (Å²) in [6.45, 7) is 20.5. The van der Waals surface area contributed by atoms with Crippen LogP contribution >= 0.6 is 15.8 Å². The molecule has 0 aromatic carbocycles. The SMILES string of the molecule is CC1(C)CCCC(C)(C)P1CCCCP1C(C)(C)CCCC1(C)C. The molecule has 24 heavy (non-hydrogen) atoms. The van der Waals surface area contributed by atoms with Crippen molar-refractivity contribution in [2.45, 2.75) is 127 Å². The topological polar surface area (TPSA) is 0 Å². The smallest absolute Gasteiger partial charge is 0.0146 e. The summed E-state index contributed by atoms with van der Waals surface area (Å²) >= 11 is 0. The normalized spacial score (nSPS) is 29.5. The second kappa shape index (κ2) is 7.47. The van der Waals surface area contributed by atoms with E-state index in [2.05, 4.69) is 55.4 Å². The Bertz CT molecular complexity index is 348. The molecule has 0 spiro atoms. The average molecular weight is 371 g/mol. The molecule has 0 aliphatic carbocycles. The van der Waals surface area contributed by atoms with Crippen molar-refractivity contribution in [3.05, 3.63) is 0 Å². The molecule has 2 aliphatic heterocycles. The molecule has 2 heteroatoms. The van der Waals surface area contributed by atoms with Crippen LogP contribution in [0.3, 0.4) is 0 Å². The minimum atomic E-state index is 0.172. The van der Waals surface area contributed by atoms with E-state index in [1.54, 1.807) is 0 Å². The molecule has 2 saturated heterocycles. The molecular formula is C22H44P2. The van der Waals surface area contributed by atoms with Crippen LogP contribution in [0.5, 0.6) is 0 Å². The van der Waals surface area contributed by atoms with Gasteiger partial charge in [-0.1, -0.05) is 84.1 Å². The molecule has 0 radical (unpaired) electrons. The summed E-state index contributed by atoms with van der Waals surface area (Å²) in [4.78, 5) is 0. The molecule has 0 nitrogen and oxygen atoms in total. The van der Waals surface area contributed by atoms with Gasteiger partial charge in [0.1, 0.15) is 0 Å². The van der Waals surface area contributed by atoms with E-state index in [1.165, 1.54) is 63.7 Å². The lowest BCUT2D eigenvalue weighted by atomic mass is 9.98. The van der Waals surface area contributed by atoms with Gasteiger partial charge in [-0.25, -0.2) is 0 Å². The molecule has 0 amide bonds. The summed E-state index contributed by atoms with van der Waals surface area (Å²) in [7, 11) is 0.344. The van der Waals surface area contributed by atoms with Crippen LogP contribution in [0.25, 0.3) is 0 Å². The number of rotatable bonds is 5. The predicted octanol–water partition coefficient (Wildman–Crippen LogP) is 8.21. The highest BCUT2D eigenvalue weighted by molar-refractivity contribution is 7.61. The molecule has 2 heterocycles. The fourth-order valence-corrected chi connectivity index (χ4v) is 14.3. The Morgan fingerprint density at radius 1 is 0.500 bits per heavy atom. The van der Waals surface area contributed by atoms with Crippen LogP contribution in [-0.2, 0) is 0 Å². The number of unbranched alkanes of at least 4 members (excludes halogenated alkanes) is 1. The summed E-state index contributed by atoms with van der Waals surface area (Å²) < 4.78 is 0. The molecule has 142 valence electrons. The summed E-state index contributed by atoms with van der Waals surface area (Å²) in [6, 6.07) is 0. The Morgan fingerprint density at radius 3 is 1.00 bits per heavy atom. The van der Waals surface area contributed by atoms with E-state index in [4.69, 9.17) is 0 Å². The van der Waals surface area contributed by atoms with Crippen molar-refractivity contribution in [2.24, 2.45) is 0 Å². The monoisotopic (exact) mass is 370 g/mol. The van der Waals surface area contributed by atoms with Crippen molar-refractivity contribution in [2.75, 3.05) is 12.3 Å². The van der Waals surface area contributed by atoms with Gasteiger partial charge >= 0.3 is 0 Å². The summed E-state index contributed by atoms with van der Waals surface area (Å²) in [5.41, 5.74) is 0. The van der Waals surface area contributed by atoms with Crippen molar-refractivity contribution in [1.82, 2.24) is 0 Å². The highest BCUT2D eigenvalue weighted by Gasteiger charge is 2.44. The lowest BCUT2D eigenvalue weighted by Gasteiger charge is -2.51. The Kier molecular flexibility index (Phi) is 6.59. The largest absolute Gasteiger partial charge is 0.0951 e. The fourth-order valence-electron chi connectivity index (χ4n) is 5.84. The first kappa shape index (κ1) is 21.2. The Hall–Kier alpha value is 0.860. The van der Waals surface area contributed by atoms with E-state index in [-0.39, 0.29) is 15.8 Å². The molecule has 0 bridgehead atoms. The second-order valence-electron chi connectivity index (χ2n) is 11.0. The maximum atomic E-state index is 2.57. The number of hydrogen-bond donors (Lipinski definition) is 0. The predicted molar refractivity (Wildman–Crippen MR) is 117 cm³/mol. The van der Waals surface area contributed by atoms with Crippen LogP contribution in [0.1, 0.15) is 107 Å². The maximum absolute atomic E-state index is 2.57. The highest BCUT2D eigenvalue weighted by atomic mass is 31.1. The Balaban J connectivity index is 1.89. The third kappa shape index (κ3) is 4.77. The molecule has 2 fully saturated rings. The zero-order valence-corrected chi connectivity index (χ0v) is 19.8. The first-order valence-electron chi connectivity index (χ1n) is 10.4. The van der Waals surface area contributed by atoms with E-state index < -0.39 is 0 Å². The minimum Gasteiger partial charge on any atom is -0.0951 e. The van der Waals surface area contributed by atoms with Gasteiger partial charge in [0.15, 0.2) is 0 Å². The Labute approximate surface area is 155 Å². The van der Waals surface area contributed by atoms with Crippen LogP contribution < -0.4 is 0 Å². The van der Waals surface area contributed by atoms with Gasteiger partial charge < -0.3 is 0 Å². The first-order chi connectivity index (χ1) is 10.9. The van der Waals surface area contributed by atoms with E-state index in [0.717, 1.165) is 0 Å². The van der Waals surface area contributed by atoms with Crippen LogP contribution in [0.2, 0.25) is 0 Å². The van der Waals surface area contributed by atoms with E-state index in [0.29, 0.717) is 20.6 Å². The molecule has 0 unspecified atom stereocenters. The summed E-state index contributed by atoms with van der Waals surface area (Å²) in [6.07, 6.45) is 14.8. The van der Waals surface area contributed by atoms with Crippen molar-refractivity contribution in [3.8, 4) is 0 Å². The molecule has 2 aliphatic rings. The van der Waals surface area contributed by atoms with Gasteiger partial charge in [0.2, 0.25) is 0 Å². The molecular weight excluding hydrogens is 326 g/mol. The standard InChI is InChI=1S/C22H44P2/c1-19(2)13-11-14-20(3,4)23(19)17-9-10-18-24-21(5,6)15-12-16-22(24,7)8/h9-18H2,1-8H3. The molecule has 0 saturated carbocycles. The fraction of sp³-hybridized carbons (Fsp3) is 1.00. The van der Waals surface area contributed by atoms with Crippen molar-refractivity contribution in [3.63, 3.8) is 0 Å². The molecule has 0 aromatic rings. The van der Waals surface area contributed by atoms with E-state index >= 15 is 0 Å². The lowest BCUT2D eigenvalue weighted by molar-refractivity contribution is 0.462. The minimum absolute atomic E-state index is 0.172. The van der Waals surface area contributed by atoms with Gasteiger partial charge in [-0.15, -0.1) is 0 Å². The summed E-state index contributed by atoms with van der Waals surface area (Å²) in [5.74, 6) is 0. The Morgan fingerprint density at radius 2 is 0.750 bits per heavy atom. The third-order valence-electron chi connectivity index (χ3n) is 7.09. The van der Waals surface area contributed by atoms with Crippen LogP contribution in [0, 0.1) is 0 Å². The van der Waals surface area contributed by atoms with Crippen LogP contribution in [0.15, 0.2) is 0 Å². The van der Waals surface area contributed by atoms with Crippen LogP contribution in [-0.4, -0.2) is 32.9 Å².